The van der Waals surface area contributed by atoms with Crippen LogP contribution in [0.2, 0.25) is 0 Å². The number of hydrogen-bond acceptors (Lipinski definition) is 3. The third-order valence-corrected chi connectivity index (χ3v) is 16.0. The molecular weight excluding hydrogens is 765 g/mol. The Morgan fingerprint density at radius 1 is 0.619 bits per heavy atom. The lowest BCUT2D eigenvalue weighted by Gasteiger charge is -2.53. The van der Waals surface area contributed by atoms with Crippen molar-refractivity contribution < 1.29 is 4.79 Å². The minimum atomic E-state index is -0.578. The number of carbonyl (C=O) groups excluding carboxylic acids is 1. The number of allylic oxidation sites excluding steroid dienone is 8. The van der Waals surface area contributed by atoms with Crippen LogP contribution in [0.5, 0.6) is 0 Å². The smallest absolute Gasteiger partial charge is 0.172 e. The molecule has 3 nitrogen and oxygen atoms in total. The van der Waals surface area contributed by atoms with E-state index in [9.17, 15) is 0 Å². The Morgan fingerprint density at radius 2 is 1.32 bits per heavy atom. The molecule has 4 aliphatic carbocycles. The van der Waals surface area contributed by atoms with Gasteiger partial charge in [-0.05, 0) is 118 Å². The normalized spacial score (nSPS) is 22.8. The maximum Gasteiger partial charge on any atom is 0.172 e. The van der Waals surface area contributed by atoms with Crippen molar-refractivity contribution in [2.75, 3.05) is 9.80 Å². The van der Waals surface area contributed by atoms with Crippen LogP contribution in [-0.4, -0.2) is 5.78 Å². The molecule has 6 aromatic rings. The molecule has 3 heteroatoms. The Hall–Kier alpha value is -6.45. The molecule has 2 aliphatic heterocycles. The summed E-state index contributed by atoms with van der Waals surface area (Å²) in [5, 5.41) is 0. The van der Waals surface area contributed by atoms with Crippen LogP contribution in [0.1, 0.15) is 116 Å². The number of anilines is 5. The summed E-state index contributed by atoms with van der Waals surface area (Å²) in [5.74, 6) is -0.201. The van der Waals surface area contributed by atoms with E-state index < -0.39 is 10.8 Å². The third-order valence-electron chi connectivity index (χ3n) is 16.0. The van der Waals surface area contributed by atoms with E-state index in [-0.39, 0.29) is 23.0 Å². The lowest BCUT2D eigenvalue weighted by atomic mass is 9.57. The molecule has 0 aromatic heterocycles. The van der Waals surface area contributed by atoms with Crippen molar-refractivity contribution in [3.63, 3.8) is 0 Å². The van der Waals surface area contributed by atoms with Gasteiger partial charge in [0.2, 0.25) is 0 Å². The number of benzene rings is 6. The fourth-order valence-corrected chi connectivity index (χ4v) is 13.0. The first-order valence-corrected chi connectivity index (χ1v) is 23.2. The first kappa shape index (κ1) is 38.2. The van der Waals surface area contributed by atoms with Gasteiger partial charge in [-0.2, -0.15) is 0 Å². The third kappa shape index (κ3) is 4.94. The minimum Gasteiger partial charge on any atom is -0.312 e. The van der Waals surface area contributed by atoms with E-state index in [4.69, 9.17) is 0 Å². The molecular formula is C60H54N2O. The van der Waals surface area contributed by atoms with Gasteiger partial charge < -0.3 is 9.80 Å². The van der Waals surface area contributed by atoms with E-state index in [0.29, 0.717) is 0 Å². The predicted molar refractivity (Wildman–Crippen MR) is 260 cm³/mol. The maximum atomic E-state index is 15.4. The fourth-order valence-electron chi connectivity index (χ4n) is 13.0. The van der Waals surface area contributed by atoms with Crippen LogP contribution in [0.15, 0.2) is 175 Å². The van der Waals surface area contributed by atoms with Gasteiger partial charge >= 0.3 is 0 Å². The van der Waals surface area contributed by atoms with Crippen LogP contribution in [0.4, 0.5) is 28.4 Å². The molecule has 3 unspecified atom stereocenters. The summed E-state index contributed by atoms with van der Waals surface area (Å²) < 4.78 is 0. The second kappa shape index (κ2) is 13.5. The molecule has 1 spiro atoms. The molecule has 6 aliphatic rings. The molecule has 0 saturated carbocycles. The van der Waals surface area contributed by atoms with E-state index >= 15 is 4.79 Å². The number of para-hydroxylation sites is 3. The Labute approximate surface area is 372 Å². The number of rotatable bonds is 4. The second-order valence-corrected chi connectivity index (χ2v) is 19.7. The van der Waals surface area contributed by atoms with Crippen molar-refractivity contribution in [3.05, 3.63) is 225 Å². The molecule has 3 atom stereocenters. The van der Waals surface area contributed by atoms with Gasteiger partial charge in [0, 0.05) is 33.8 Å². The van der Waals surface area contributed by atoms with E-state index in [2.05, 4.69) is 203 Å². The van der Waals surface area contributed by atoms with Gasteiger partial charge in [-0.15, -0.1) is 0 Å². The van der Waals surface area contributed by atoms with Gasteiger partial charge in [0.1, 0.15) is 0 Å². The second-order valence-electron chi connectivity index (χ2n) is 19.7. The van der Waals surface area contributed by atoms with Crippen molar-refractivity contribution in [2.45, 2.75) is 83.5 Å². The number of nitrogens with zero attached hydrogens (tertiary/aromatic N) is 2. The number of hydrogen-bond donors (Lipinski definition) is 0. The SMILES string of the molecule is CCC1=CC2=C(CC1)c1ccc(CC)cc1C21c2ccccc2N(C2=CC=CC3C2C(=O)c2ccccc2C3(C)C)c2c1ccc1c2C(C)(C)c2ccccc2N1c1ccccc1. The topological polar surface area (TPSA) is 23.6 Å². The Balaban J connectivity index is 1.24. The largest absolute Gasteiger partial charge is 0.312 e. The van der Waals surface area contributed by atoms with Gasteiger partial charge in [-0.3, -0.25) is 4.79 Å². The van der Waals surface area contributed by atoms with Crippen molar-refractivity contribution in [1.82, 2.24) is 0 Å². The molecule has 0 radical (unpaired) electrons. The Kier molecular flexibility index (Phi) is 8.21. The molecule has 0 saturated heterocycles. The van der Waals surface area contributed by atoms with Crippen LogP contribution in [-0.2, 0) is 22.7 Å². The zero-order valence-corrected chi connectivity index (χ0v) is 37.3. The zero-order valence-electron chi connectivity index (χ0n) is 37.3. The highest BCUT2D eigenvalue weighted by Crippen LogP contribution is 2.68. The summed E-state index contributed by atoms with van der Waals surface area (Å²) in [6.45, 7) is 14.1. The van der Waals surface area contributed by atoms with Gasteiger partial charge in [0.05, 0.1) is 34.1 Å². The lowest BCUT2D eigenvalue weighted by Crippen LogP contribution is -2.49. The quantitative estimate of drug-likeness (QED) is 0.177. The average Bonchev–Trinajstić information content (AvgIpc) is 3.60. The van der Waals surface area contributed by atoms with Crippen LogP contribution in [0.25, 0.3) is 5.57 Å². The molecule has 310 valence electrons. The molecule has 0 amide bonds. The van der Waals surface area contributed by atoms with Gasteiger partial charge in [-0.25, -0.2) is 0 Å². The first-order valence-electron chi connectivity index (χ1n) is 23.2. The van der Waals surface area contributed by atoms with Gasteiger partial charge in [-0.1, -0.05) is 168 Å². The average molecular weight is 819 g/mol. The van der Waals surface area contributed by atoms with Crippen LogP contribution in [0.3, 0.4) is 0 Å². The summed E-state index contributed by atoms with van der Waals surface area (Å²) in [4.78, 5) is 20.5. The molecule has 2 heterocycles. The summed E-state index contributed by atoms with van der Waals surface area (Å²) in [6, 6.07) is 49.7. The van der Waals surface area contributed by atoms with Crippen molar-refractivity contribution in [2.24, 2.45) is 11.8 Å². The minimum absolute atomic E-state index is 0.0255. The first-order chi connectivity index (χ1) is 30.6. The van der Waals surface area contributed by atoms with E-state index in [1.165, 1.54) is 72.7 Å². The highest BCUT2D eigenvalue weighted by molar-refractivity contribution is 6.06. The summed E-state index contributed by atoms with van der Waals surface area (Å²) in [5.41, 5.74) is 21.3. The van der Waals surface area contributed by atoms with Crippen LogP contribution in [0, 0.1) is 11.8 Å². The summed E-state index contributed by atoms with van der Waals surface area (Å²) in [6.07, 6.45) is 13.5. The Morgan fingerprint density at radius 3 is 2.08 bits per heavy atom. The highest BCUT2D eigenvalue weighted by Gasteiger charge is 2.57. The van der Waals surface area contributed by atoms with Crippen molar-refractivity contribution >= 4 is 39.8 Å². The highest BCUT2D eigenvalue weighted by atomic mass is 16.1. The van der Waals surface area contributed by atoms with Crippen molar-refractivity contribution in [1.29, 1.82) is 0 Å². The standard InChI is InChI=1S/C60H54N2O/c1-7-37-29-31-40-41-32-30-38(8-2)36-49(41)60(48(40)35-37)45-24-15-17-27-51(45)62(52-28-18-25-46-54(52)57(63)42-21-12-13-22-43(42)58(46,3)4)56-47(60)33-34-53-55(56)59(5,6)44-23-14-16-26-50(44)61(53)39-19-10-9-11-20-39/h9-29,31,33-36,46,54H,7-8,30,32H2,1-6H3. The predicted octanol–water partition coefficient (Wildman–Crippen LogP) is 14.9. The van der Waals surface area contributed by atoms with E-state index in [1.54, 1.807) is 0 Å². The van der Waals surface area contributed by atoms with E-state index in [1.807, 2.05) is 6.07 Å². The maximum absolute atomic E-state index is 15.4. The Bertz CT molecular complexity index is 3080. The van der Waals surface area contributed by atoms with Gasteiger partial charge in [0.15, 0.2) is 5.78 Å². The molecule has 0 N–H and O–H groups in total. The number of fused-ring (bicyclic) bond motifs is 13. The zero-order chi connectivity index (χ0) is 43.0. The van der Waals surface area contributed by atoms with E-state index in [0.717, 1.165) is 53.9 Å². The molecule has 0 fully saturated rings. The number of ketones is 1. The molecule has 6 aromatic carbocycles. The van der Waals surface area contributed by atoms with Crippen LogP contribution < -0.4 is 9.80 Å². The lowest BCUT2D eigenvalue weighted by molar-refractivity contribution is 0.0854. The van der Waals surface area contributed by atoms with Gasteiger partial charge in [0.25, 0.3) is 0 Å². The number of aryl methyl sites for hydroxylation is 1. The monoisotopic (exact) mass is 818 g/mol. The molecule has 0 bridgehead atoms. The molecule has 63 heavy (non-hydrogen) atoms. The summed E-state index contributed by atoms with van der Waals surface area (Å²) >= 11 is 0. The fraction of sp³-hybridized carbons (Fsp3) is 0.250. The summed E-state index contributed by atoms with van der Waals surface area (Å²) in [7, 11) is 0. The number of Topliss-reactive ketones (excluding diaryl/α,β-unsaturated/α-hetero) is 1. The van der Waals surface area contributed by atoms with Crippen molar-refractivity contribution in [3.8, 4) is 0 Å². The van der Waals surface area contributed by atoms with Crippen LogP contribution >= 0.6 is 0 Å². The molecule has 12 rings (SSSR count). The number of carbonyl (C=O) groups is 1.